The van der Waals surface area contributed by atoms with Gasteiger partial charge in [0.05, 0.1) is 0 Å². The fraction of sp³-hybridized carbons (Fsp3) is 0.562. The minimum atomic E-state index is -0.479. The SMILES string of the molecule is CCc1cccc(CC)c1N1CCNC(=O)C1(C)C. The predicted octanol–water partition coefficient (Wildman–Crippen LogP) is 2.53. The Morgan fingerprint density at radius 3 is 2.32 bits per heavy atom. The third-order valence-corrected chi connectivity index (χ3v) is 4.09. The number of rotatable bonds is 3. The van der Waals surface area contributed by atoms with Gasteiger partial charge >= 0.3 is 0 Å². The minimum Gasteiger partial charge on any atom is -0.355 e. The van der Waals surface area contributed by atoms with Gasteiger partial charge in [-0.05, 0) is 37.8 Å². The molecule has 1 saturated heterocycles. The van der Waals surface area contributed by atoms with E-state index in [1.54, 1.807) is 0 Å². The molecule has 1 aromatic rings. The second-order valence-corrected chi connectivity index (χ2v) is 5.60. The van der Waals surface area contributed by atoms with Gasteiger partial charge in [0.15, 0.2) is 0 Å². The summed E-state index contributed by atoms with van der Waals surface area (Å²) >= 11 is 0. The van der Waals surface area contributed by atoms with Crippen molar-refractivity contribution < 1.29 is 4.79 Å². The maximum Gasteiger partial charge on any atom is 0.245 e. The number of amides is 1. The highest BCUT2D eigenvalue weighted by molar-refractivity contribution is 5.91. The second-order valence-electron chi connectivity index (χ2n) is 5.60. The van der Waals surface area contributed by atoms with Crippen molar-refractivity contribution in [2.45, 2.75) is 46.1 Å². The lowest BCUT2D eigenvalue weighted by molar-refractivity contribution is -0.126. The van der Waals surface area contributed by atoms with Crippen LogP contribution in [0.25, 0.3) is 0 Å². The standard InChI is InChI=1S/C16H24N2O/c1-5-12-8-7-9-13(6-2)14(12)18-11-10-17-15(19)16(18,3)4/h7-9H,5-6,10-11H2,1-4H3,(H,17,19). The normalized spacial score (nSPS) is 18.3. The Labute approximate surface area is 116 Å². The zero-order valence-electron chi connectivity index (χ0n) is 12.4. The minimum absolute atomic E-state index is 0.117. The topological polar surface area (TPSA) is 32.3 Å². The average molecular weight is 260 g/mol. The molecule has 19 heavy (non-hydrogen) atoms. The van der Waals surface area contributed by atoms with Crippen LogP contribution in [0, 0.1) is 0 Å². The number of carbonyl (C=O) groups is 1. The van der Waals surface area contributed by atoms with Gasteiger partial charge < -0.3 is 10.2 Å². The van der Waals surface area contributed by atoms with E-state index in [9.17, 15) is 4.79 Å². The van der Waals surface area contributed by atoms with E-state index >= 15 is 0 Å². The third kappa shape index (κ3) is 2.34. The van der Waals surface area contributed by atoms with Crippen molar-refractivity contribution in [3.8, 4) is 0 Å². The Hall–Kier alpha value is -1.51. The van der Waals surface area contributed by atoms with Crippen LogP contribution in [0.5, 0.6) is 0 Å². The number of aryl methyl sites for hydroxylation is 2. The quantitative estimate of drug-likeness (QED) is 0.905. The van der Waals surface area contributed by atoms with Gasteiger partial charge in [0.2, 0.25) is 5.91 Å². The Morgan fingerprint density at radius 1 is 1.21 bits per heavy atom. The zero-order chi connectivity index (χ0) is 14.0. The lowest BCUT2D eigenvalue weighted by Crippen LogP contribution is -2.62. The summed E-state index contributed by atoms with van der Waals surface area (Å²) in [5.41, 5.74) is 3.46. The van der Waals surface area contributed by atoms with E-state index in [4.69, 9.17) is 0 Å². The molecular weight excluding hydrogens is 236 g/mol. The van der Waals surface area contributed by atoms with E-state index < -0.39 is 5.54 Å². The molecule has 1 aromatic carbocycles. The monoisotopic (exact) mass is 260 g/mol. The molecule has 0 bridgehead atoms. The largest absolute Gasteiger partial charge is 0.355 e. The summed E-state index contributed by atoms with van der Waals surface area (Å²) in [5, 5.41) is 2.97. The highest BCUT2D eigenvalue weighted by Crippen LogP contribution is 2.33. The molecule has 104 valence electrons. The second kappa shape index (κ2) is 5.24. The van der Waals surface area contributed by atoms with Crippen molar-refractivity contribution in [3.63, 3.8) is 0 Å². The van der Waals surface area contributed by atoms with E-state index in [1.807, 2.05) is 13.8 Å². The molecule has 1 fully saturated rings. The first-order valence-electron chi connectivity index (χ1n) is 7.19. The Kier molecular flexibility index (Phi) is 3.83. The van der Waals surface area contributed by atoms with E-state index in [0.29, 0.717) is 0 Å². The maximum atomic E-state index is 12.1. The lowest BCUT2D eigenvalue weighted by atomic mass is 9.93. The van der Waals surface area contributed by atoms with Crippen LogP contribution >= 0.6 is 0 Å². The van der Waals surface area contributed by atoms with Gasteiger partial charge in [0, 0.05) is 18.8 Å². The first-order valence-corrected chi connectivity index (χ1v) is 7.19. The molecule has 0 radical (unpaired) electrons. The number of anilines is 1. The van der Waals surface area contributed by atoms with Gasteiger partial charge in [-0.3, -0.25) is 4.79 Å². The van der Waals surface area contributed by atoms with Crippen molar-refractivity contribution in [3.05, 3.63) is 29.3 Å². The number of benzene rings is 1. The molecule has 1 N–H and O–H groups in total. The first kappa shape index (κ1) is 13.9. The number of hydrogen-bond donors (Lipinski definition) is 1. The first-order chi connectivity index (χ1) is 9.02. The van der Waals surface area contributed by atoms with Gasteiger partial charge in [0.1, 0.15) is 5.54 Å². The number of nitrogens with zero attached hydrogens (tertiary/aromatic N) is 1. The number of nitrogens with one attached hydrogen (secondary N) is 1. The number of piperazine rings is 1. The summed E-state index contributed by atoms with van der Waals surface area (Å²) < 4.78 is 0. The summed E-state index contributed by atoms with van der Waals surface area (Å²) in [6, 6.07) is 6.48. The van der Waals surface area contributed by atoms with E-state index in [0.717, 1.165) is 25.9 Å². The van der Waals surface area contributed by atoms with Crippen LogP contribution in [0.3, 0.4) is 0 Å². The van der Waals surface area contributed by atoms with Crippen LogP contribution in [0.2, 0.25) is 0 Å². The molecule has 3 nitrogen and oxygen atoms in total. The molecule has 1 heterocycles. The van der Waals surface area contributed by atoms with Crippen LogP contribution in [-0.4, -0.2) is 24.5 Å². The van der Waals surface area contributed by atoms with Crippen LogP contribution < -0.4 is 10.2 Å². The molecule has 0 spiro atoms. The zero-order valence-corrected chi connectivity index (χ0v) is 12.4. The van der Waals surface area contributed by atoms with Gasteiger partial charge in [-0.1, -0.05) is 32.0 Å². The summed E-state index contributed by atoms with van der Waals surface area (Å²) in [4.78, 5) is 14.4. The summed E-state index contributed by atoms with van der Waals surface area (Å²) in [6.07, 6.45) is 1.99. The number of carbonyl (C=O) groups excluding carboxylic acids is 1. The average Bonchev–Trinajstić information content (AvgIpc) is 2.41. The van der Waals surface area contributed by atoms with Gasteiger partial charge in [0.25, 0.3) is 0 Å². The Bertz CT molecular complexity index is 457. The molecule has 1 aliphatic heterocycles. The van der Waals surface area contributed by atoms with Gasteiger partial charge in [-0.15, -0.1) is 0 Å². The molecule has 0 unspecified atom stereocenters. The highest BCUT2D eigenvalue weighted by atomic mass is 16.2. The summed E-state index contributed by atoms with van der Waals surface area (Å²) in [6.45, 7) is 9.97. The van der Waals surface area contributed by atoms with Crippen LogP contribution in [0.15, 0.2) is 18.2 Å². The number of hydrogen-bond acceptors (Lipinski definition) is 2. The Morgan fingerprint density at radius 2 is 1.79 bits per heavy atom. The molecule has 3 heteroatoms. The summed E-state index contributed by atoms with van der Waals surface area (Å²) in [7, 11) is 0. The van der Waals surface area contributed by atoms with Crippen molar-refractivity contribution in [2.75, 3.05) is 18.0 Å². The van der Waals surface area contributed by atoms with E-state index in [1.165, 1.54) is 16.8 Å². The fourth-order valence-corrected chi connectivity index (χ4v) is 2.85. The summed E-state index contributed by atoms with van der Waals surface area (Å²) in [5.74, 6) is 0.117. The molecule has 1 amide bonds. The molecule has 0 atom stereocenters. The van der Waals surface area contributed by atoms with Crippen LogP contribution in [0.1, 0.15) is 38.8 Å². The van der Waals surface area contributed by atoms with Crippen molar-refractivity contribution in [2.24, 2.45) is 0 Å². The molecule has 0 aromatic heterocycles. The lowest BCUT2D eigenvalue weighted by Gasteiger charge is -2.44. The van der Waals surface area contributed by atoms with Crippen molar-refractivity contribution in [1.29, 1.82) is 0 Å². The molecule has 0 saturated carbocycles. The van der Waals surface area contributed by atoms with E-state index in [-0.39, 0.29) is 5.91 Å². The smallest absolute Gasteiger partial charge is 0.245 e. The predicted molar refractivity (Wildman–Crippen MR) is 79.6 cm³/mol. The van der Waals surface area contributed by atoms with Crippen LogP contribution in [-0.2, 0) is 17.6 Å². The molecule has 1 aliphatic rings. The van der Waals surface area contributed by atoms with Gasteiger partial charge in [-0.2, -0.15) is 0 Å². The highest BCUT2D eigenvalue weighted by Gasteiger charge is 2.38. The van der Waals surface area contributed by atoms with Gasteiger partial charge in [-0.25, -0.2) is 0 Å². The van der Waals surface area contributed by atoms with Crippen molar-refractivity contribution >= 4 is 11.6 Å². The van der Waals surface area contributed by atoms with Crippen LogP contribution in [0.4, 0.5) is 5.69 Å². The fourth-order valence-electron chi connectivity index (χ4n) is 2.85. The van der Waals surface area contributed by atoms with Crippen molar-refractivity contribution in [1.82, 2.24) is 5.32 Å². The molecular formula is C16H24N2O. The van der Waals surface area contributed by atoms with E-state index in [2.05, 4.69) is 42.3 Å². The third-order valence-electron chi connectivity index (χ3n) is 4.09. The number of para-hydroxylation sites is 1. The molecule has 0 aliphatic carbocycles. The Balaban J connectivity index is 2.53. The maximum absolute atomic E-state index is 12.1. The molecule has 2 rings (SSSR count).